The molecular weight excluding hydrogens is 412 g/mol. The van der Waals surface area contributed by atoms with Gasteiger partial charge in [-0.1, -0.05) is 18.2 Å². The van der Waals surface area contributed by atoms with Gasteiger partial charge in [-0.25, -0.2) is 4.79 Å². The van der Waals surface area contributed by atoms with Gasteiger partial charge in [-0.2, -0.15) is 0 Å². The molecule has 1 saturated heterocycles. The second-order valence-electron chi connectivity index (χ2n) is 7.71. The van der Waals surface area contributed by atoms with E-state index < -0.39 is 5.97 Å². The number of nitrogens with one attached hydrogen (secondary N) is 1. The van der Waals surface area contributed by atoms with Crippen molar-refractivity contribution in [2.75, 3.05) is 27.2 Å². The summed E-state index contributed by atoms with van der Waals surface area (Å²) in [6.07, 6.45) is 1.77. The lowest BCUT2D eigenvalue weighted by Crippen LogP contribution is -2.35. The van der Waals surface area contributed by atoms with Crippen LogP contribution in [0, 0.1) is 0 Å². The number of carbonyl (C=O) groups is 1. The van der Waals surface area contributed by atoms with Crippen molar-refractivity contribution in [3.05, 3.63) is 77.8 Å². The zero-order valence-electron chi connectivity index (χ0n) is 17.4. The number of carboxylic acid groups (broad SMARTS) is 1. The Kier molecular flexibility index (Phi) is 6.01. The summed E-state index contributed by atoms with van der Waals surface area (Å²) >= 11 is 5.65. The first kappa shape index (κ1) is 21.0. The molecule has 160 valence electrons. The number of hydrogen-bond donors (Lipinski definition) is 2. The molecule has 4 rings (SSSR count). The first-order valence-corrected chi connectivity index (χ1v) is 10.4. The number of aromatic nitrogens is 1. The van der Waals surface area contributed by atoms with E-state index in [9.17, 15) is 9.90 Å². The molecule has 31 heavy (non-hydrogen) atoms. The molecule has 8 heteroatoms. The van der Waals surface area contributed by atoms with E-state index in [-0.39, 0.29) is 17.6 Å². The fraction of sp³-hybridized carbons (Fsp3) is 0.261. The summed E-state index contributed by atoms with van der Waals surface area (Å²) < 4.78 is 6.25. The first-order chi connectivity index (χ1) is 14.9. The number of hydrogen-bond acceptors (Lipinski definition) is 5. The van der Waals surface area contributed by atoms with Gasteiger partial charge in [-0.15, -0.1) is 0 Å². The van der Waals surface area contributed by atoms with Crippen molar-refractivity contribution in [1.82, 2.24) is 20.1 Å². The molecule has 0 amide bonds. The maximum Gasteiger partial charge on any atom is 0.335 e. The maximum atomic E-state index is 11.3. The zero-order chi connectivity index (χ0) is 22.0. The summed E-state index contributed by atoms with van der Waals surface area (Å²) in [5.74, 6) is 0.393. The van der Waals surface area contributed by atoms with Gasteiger partial charge in [0.25, 0.3) is 0 Å². The predicted molar refractivity (Wildman–Crippen MR) is 122 cm³/mol. The molecule has 3 heterocycles. The topological polar surface area (TPSA) is 81.8 Å². The van der Waals surface area contributed by atoms with Crippen LogP contribution in [0.1, 0.15) is 33.9 Å². The van der Waals surface area contributed by atoms with E-state index in [2.05, 4.69) is 20.1 Å². The molecule has 0 saturated carbocycles. The van der Waals surface area contributed by atoms with Crippen LogP contribution in [-0.4, -0.2) is 58.2 Å². The molecule has 1 aliphatic heterocycles. The average Bonchev–Trinajstić information content (AvgIpc) is 3.37. The molecule has 3 aromatic rings. The van der Waals surface area contributed by atoms with Crippen LogP contribution in [0.25, 0.3) is 11.3 Å². The van der Waals surface area contributed by atoms with Crippen LogP contribution in [0.2, 0.25) is 0 Å². The van der Waals surface area contributed by atoms with E-state index in [1.54, 1.807) is 24.4 Å². The molecule has 1 aromatic carbocycles. The lowest BCUT2D eigenvalue weighted by Gasteiger charge is -2.27. The SMILES string of the molecule is CN(C)CCN1C(=S)N[C@H](c2ccccn2)[C@H]1c1ccc(-c2cccc(C(=O)O)c2)o1. The van der Waals surface area contributed by atoms with Crippen molar-refractivity contribution in [3.8, 4) is 11.3 Å². The predicted octanol–water partition coefficient (Wildman–Crippen LogP) is 3.57. The van der Waals surface area contributed by atoms with E-state index >= 15 is 0 Å². The van der Waals surface area contributed by atoms with Gasteiger partial charge in [-0.3, -0.25) is 4.98 Å². The van der Waals surface area contributed by atoms with Crippen molar-refractivity contribution < 1.29 is 14.3 Å². The van der Waals surface area contributed by atoms with Crippen molar-refractivity contribution in [3.63, 3.8) is 0 Å². The van der Waals surface area contributed by atoms with Gasteiger partial charge < -0.3 is 24.6 Å². The zero-order valence-corrected chi connectivity index (χ0v) is 18.2. The Hall–Kier alpha value is -3.23. The average molecular weight is 437 g/mol. The summed E-state index contributed by atoms with van der Waals surface area (Å²) in [6.45, 7) is 1.57. The summed E-state index contributed by atoms with van der Waals surface area (Å²) in [4.78, 5) is 20.1. The minimum atomic E-state index is -0.968. The Morgan fingerprint density at radius 1 is 1.23 bits per heavy atom. The number of aromatic carboxylic acids is 1. The van der Waals surface area contributed by atoms with Gasteiger partial charge in [0.2, 0.25) is 0 Å². The summed E-state index contributed by atoms with van der Waals surface area (Å²) in [5, 5.41) is 13.4. The molecule has 0 aliphatic carbocycles. The molecule has 0 unspecified atom stereocenters. The van der Waals surface area contributed by atoms with E-state index in [0.29, 0.717) is 16.4 Å². The number of pyridine rings is 1. The summed E-state index contributed by atoms with van der Waals surface area (Å²) in [7, 11) is 4.05. The number of rotatable bonds is 7. The van der Waals surface area contributed by atoms with E-state index in [1.807, 2.05) is 50.5 Å². The largest absolute Gasteiger partial charge is 0.478 e. The second kappa shape index (κ2) is 8.87. The molecule has 2 atom stereocenters. The Morgan fingerprint density at radius 2 is 2.06 bits per heavy atom. The van der Waals surface area contributed by atoms with Crippen LogP contribution in [0.4, 0.5) is 0 Å². The third kappa shape index (κ3) is 4.45. The number of benzene rings is 1. The quantitative estimate of drug-likeness (QED) is 0.544. The highest BCUT2D eigenvalue weighted by atomic mass is 32.1. The molecule has 2 N–H and O–H groups in total. The van der Waals surface area contributed by atoms with Gasteiger partial charge in [0.05, 0.1) is 17.3 Å². The van der Waals surface area contributed by atoms with E-state index in [0.717, 1.165) is 24.5 Å². The highest BCUT2D eigenvalue weighted by molar-refractivity contribution is 7.80. The Balaban J connectivity index is 1.70. The smallest absolute Gasteiger partial charge is 0.335 e. The number of thiocarbonyl (C=S) groups is 1. The van der Waals surface area contributed by atoms with Gasteiger partial charge >= 0.3 is 5.97 Å². The van der Waals surface area contributed by atoms with Crippen LogP contribution in [0.15, 0.2) is 65.2 Å². The lowest BCUT2D eigenvalue weighted by atomic mass is 10.0. The van der Waals surface area contributed by atoms with Gasteiger partial charge in [-0.05, 0) is 62.7 Å². The van der Waals surface area contributed by atoms with Crippen LogP contribution in [-0.2, 0) is 0 Å². The molecule has 0 bridgehead atoms. The molecular formula is C23H24N4O3S. The van der Waals surface area contributed by atoms with Crippen molar-refractivity contribution in [2.45, 2.75) is 12.1 Å². The monoisotopic (exact) mass is 436 g/mol. The van der Waals surface area contributed by atoms with Crippen LogP contribution >= 0.6 is 12.2 Å². The lowest BCUT2D eigenvalue weighted by molar-refractivity contribution is 0.0697. The number of likely N-dealkylation sites (N-methyl/N-ethyl adjacent to an activating group) is 1. The highest BCUT2D eigenvalue weighted by Gasteiger charge is 2.41. The molecule has 7 nitrogen and oxygen atoms in total. The van der Waals surface area contributed by atoms with E-state index in [4.69, 9.17) is 16.6 Å². The molecule has 1 aliphatic rings. The third-order valence-corrected chi connectivity index (χ3v) is 5.65. The normalized spacial score (nSPS) is 18.4. The Labute approximate surface area is 186 Å². The van der Waals surface area contributed by atoms with Crippen LogP contribution < -0.4 is 5.32 Å². The molecule has 0 radical (unpaired) electrons. The molecule has 0 spiro atoms. The van der Waals surface area contributed by atoms with E-state index in [1.165, 1.54) is 0 Å². The van der Waals surface area contributed by atoms with Gasteiger partial charge in [0.15, 0.2) is 5.11 Å². The molecule has 1 fully saturated rings. The first-order valence-electron chi connectivity index (χ1n) is 10.0. The minimum absolute atomic E-state index is 0.153. The fourth-order valence-corrected chi connectivity index (χ4v) is 4.07. The van der Waals surface area contributed by atoms with Gasteiger partial charge in [0.1, 0.15) is 17.6 Å². The van der Waals surface area contributed by atoms with Crippen molar-refractivity contribution >= 4 is 23.3 Å². The Morgan fingerprint density at radius 3 is 2.77 bits per heavy atom. The minimum Gasteiger partial charge on any atom is -0.478 e. The molecule has 2 aromatic heterocycles. The standard InChI is InChI=1S/C23H24N4O3S/c1-26(2)12-13-27-21(20(25-23(27)31)17-8-3-4-11-24-17)19-10-9-18(30-19)15-6-5-7-16(14-15)22(28)29/h3-11,14,20-21H,12-13H2,1-2H3,(H,25,31)(H,28,29)/t20-,21-/m1/s1. The van der Waals surface area contributed by atoms with Gasteiger partial charge in [0, 0.05) is 24.8 Å². The number of carboxylic acids is 1. The maximum absolute atomic E-state index is 11.3. The highest BCUT2D eigenvalue weighted by Crippen LogP contribution is 2.40. The summed E-state index contributed by atoms with van der Waals surface area (Å²) in [5.41, 5.74) is 1.82. The van der Waals surface area contributed by atoms with Crippen molar-refractivity contribution in [2.24, 2.45) is 0 Å². The number of nitrogens with zero attached hydrogens (tertiary/aromatic N) is 3. The fourth-order valence-electron chi connectivity index (χ4n) is 3.74. The third-order valence-electron chi connectivity index (χ3n) is 5.30. The Bertz CT molecular complexity index is 1080. The van der Waals surface area contributed by atoms with Crippen LogP contribution in [0.5, 0.6) is 0 Å². The van der Waals surface area contributed by atoms with Crippen molar-refractivity contribution in [1.29, 1.82) is 0 Å². The van der Waals surface area contributed by atoms with Crippen LogP contribution in [0.3, 0.4) is 0 Å². The summed E-state index contributed by atoms with van der Waals surface area (Å²) in [6, 6.07) is 16.0. The second-order valence-corrected chi connectivity index (χ2v) is 8.10. The number of furan rings is 1.